The third-order valence-electron chi connectivity index (χ3n) is 1.54. The Kier molecular flexibility index (Phi) is 3.15. The number of hydrazine groups is 1. The minimum Gasteiger partial charge on any atom is -0.290 e. The van der Waals surface area contributed by atoms with E-state index in [9.17, 15) is 14.9 Å². The summed E-state index contributed by atoms with van der Waals surface area (Å²) in [7, 11) is 0. The maximum atomic E-state index is 11.0. The lowest BCUT2D eigenvalue weighted by Crippen LogP contribution is -2.29. The summed E-state index contributed by atoms with van der Waals surface area (Å²) < 4.78 is 0.239. The van der Waals surface area contributed by atoms with Crippen LogP contribution in [0.4, 0.5) is 5.69 Å². The number of nitro groups is 1. The van der Waals surface area contributed by atoms with Crippen LogP contribution in [0.15, 0.2) is 22.7 Å². The number of hydrogen-bond acceptors (Lipinski definition) is 4. The Hall–Kier alpha value is -1.47. The van der Waals surface area contributed by atoms with Crippen LogP contribution in [0.5, 0.6) is 0 Å². The van der Waals surface area contributed by atoms with Crippen molar-refractivity contribution in [3.05, 3.63) is 38.3 Å². The fourth-order valence-corrected chi connectivity index (χ4v) is 1.40. The molecule has 0 atom stereocenters. The summed E-state index contributed by atoms with van der Waals surface area (Å²) in [6.45, 7) is 0. The molecule has 14 heavy (non-hydrogen) atoms. The maximum absolute atomic E-state index is 11.0. The summed E-state index contributed by atoms with van der Waals surface area (Å²) in [6.07, 6.45) is 0. The van der Waals surface area contributed by atoms with Crippen LogP contribution in [0.2, 0.25) is 0 Å². The number of nitro benzene ring substituents is 1. The molecule has 7 heteroatoms. The molecule has 6 nitrogen and oxygen atoms in total. The van der Waals surface area contributed by atoms with Gasteiger partial charge in [-0.25, -0.2) is 5.84 Å². The number of halogens is 1. The van der Waals surface area contributed by atoms with E-state index in [0.29, 0.717) is 0 Å². The number of nitrogens with zero attached hydrogens (tertiary/aromatic N) is 1. The second-order valence-corrected chi connectivity index (χ2v) is 3.25. The zero-order chi connectivity index (χ0) is 10.7. The van der Waals surface area contributed by atoms with E-state index < -0.39 is 10.8 Å². The summed E-state index contributed by atoms with van der Waals surface area (Å²) in [5.74, 6) is 4.40. The van der Waals surface area contributed by atoms with E-state index in [1.807, 2.05) is 5.43 Å². The van der Waals surface area contributed by atoms with Crippen molar-refractivity contribution in [1.82, 2.24) is 5.43 Å². The van der Waals surface area contributed by atoms with Gasteiger partial charge in [0.2, 0.25) is 0 Å². The number of amides is 1. The van der Waals surface area contributed by atoms with E-state index in [-0.39, 0.29) is 15.7 Å². The fourth-order valence-electron chi connectivity index (χ4n) is 0.880. The number of benzene rings is 1. The van der Waals surface area contributed by atoms with Crippen molar-refractivity contribution in [2.45, 2.75) is 0 Å². The molecular formula is C7H6BrN3O3. The van der Waals surface area contributed by atoms with Crippen LogP contribution >= 0.6 is 15.9 Å². The molecule has 0 aliphatic heterocycles. The average Bonchev–Trinajstić information content (AvgIpc) is 2.15. The first-order valence-corrected chi connectivity index (χ1v) is 4.30. The number of nitrogens with two attached hydrogens (primary N) is 1. The van der Waals surface area contributed by atoms with E-state index in [1.165, 1.54) is 18.2 Å². The van der Waals surface area contributed by atoms with Gasteiger partial charge in [-0.1, -0.05) is 0 Å². The molecule has 0 aromatic heterocycles. The molecule has 0 saturated carbocycles. The lowest BCUT2D eigenvalue weighted by Gasteiger charge is -2.00. The first-order valence-electron chi connectivity index (χ1n) is 3.51. The normalized spacial score (nSPS) is 9.57. The van der Waals surface area contributed by atoms with E-state index >= 15 is 0 Å². The molecule has 74 valence electrons. The monoisotopic (exact) mass is 259 g/mol. The number of carbonyl (C=O) groups excluding carboxylic acids is 1. The Morgan fingerprint density at radius 1 is 1.57 bits per heavy atom. The van der Waals surface area contributed by atoms with E-state index in [0.717, 1.165) is 0 Å². The third-order valence-corrected chi connectivity index (χ3v) is 2.17. The van der Waals surface area contributed by atoms with Gasteiger partial charge >= 0.3 is 0 Å². The summed E-state index contributed by atoms with van der Waals surface area (Å²) in [4.78, 5) is 20.9. The second-order valence-electron chi connectivity index (χ2n) is 2.40. The van der Waals surface area contributed by atoms with Gasteiger partial charge in [-0.05, 0) is 28.1 Å². The van der Waals surface area contributed by atoms with Crippen molar-refractivity contribution >= 4 is 27.5 Å². The molecule has 0 bridgehead atoms. The predicted molar refractivity (Wildman–Crippen MR) is 52.5 cm³/mol. The minimum atomic E-state index is -0.547. The first kappa shape index (κ1) is 10.6. The molecule has 0 spiro atoms. The van der Waals surface area contributed by atoms with Crippen LogP contribution in [-0.4, -0.2) is 10.8 Å². The molecular weight excluding hydrogens is 254 g/mol. The van der Waals surface area contributed by atoms with Gasteiger partial charge in [-0.2, -0.15) is 0 Å². The Labute approximate surface area is 87.3 Å². The predicted octanol–water partition coefficient (Wildman–Crippen LogP) is 0.961. The highest BCUT2D eigenvalue weighted by atomic mass is 79.9. The fraction of sp³-hybridized carbons (Fsp3) is 0. The number of nitrogen functional groups attached to an aromatic ring is 1. The van der Waals surface area contributed by atoms with Crippen molar-refractivity contribution in [1.29, 1.82) is 0 Å². The van der Waals surface area contributed by atoms with Crippen molar-refractivity contribution in [2.75, 3.05) is 0 Å². The standard InChI is InChI=1S/C7H6BrN3O3/c8-5-3-4(7(12)10-9)1-2-6(5)11(13)14/h1-3H,9H2,(H,10,12). The lowest BCUT2D eigenvalue weighted by molar-refractivity contribution is -0.385. The van der Waals surface area contributed by atoms with Crippen molar-refractivity contribution in [2.24, 2.45) is 5.84 Å². The zero-order valence-electron chi connectivity index (χ0n) is 6.86. The van der Waals surface area contributed by atoms with Gasteiger partial charge in [0.05, 0.1) is 9.40 Å². The summed E-state index contributed by atoms with van der Waals surface area (Å²) >= 11 is 2.98. The Bertz CT molecular complexity index is 394. The molecule has 0 heterocycles. The van der Waals surface area contributed by atoms with Crippen molar-refractivity contribution in [3.8, 4) is 0 Å². The summed E-state index contributed by atoms with van der Waals surface area (Å²) in [5, 5.41) is 10.4. The van der Waals surface area contributed by atoms with Gasteiger partial charge in [0.1, 0.15) is 0 Å². The maximum Gasteiger partial charge on any atom is 0.283 e. The van der Waals surface area contributed by atoms with Gasteiger partial charge in [0.15, 0.2) is 0 Å². The third kappa shape index (κ3) is 2.06. The Morgan fingerprint density at radius 3 is 2.64 bits per heavy atom. The summed E-state index contributed by atoms with van der Waals surface area (Å²) in [5.41, 5.74) is 2.08. The van der Waals surface area contributed by atoms with E-state index in [2.05, 4.69) is 15.9 Å². The molecule has 0 radical (unpaired) electrons. The highest BCUT2D eigenvalue weighted by molar-refractivity contribution is 9.10. The van der Waals surface area contributed by atoms with Crippen LogP contribution in [0, 0.1) is 10.1 Å². The second kappa shape index (κ2) is 4.16. The molecule has 0 fully saturated rings. The highest BCUT2D eigenvalue weighted by Crippen LogP contribution is 2.25. The Balaban J connectivity index is 3.12. The zero-order valence-corrected chi connectivity index (χ0v) is 8.45. The van der Waals surface area contributed by atoms with Crippen LogP contribution in [0.25, 0.3) is 0 Å². The number of hydrogen-bond donors (Lipinski definition) is 2. The van der Waals surface area contributed by atoms with Gasteiger partial charge in [0, 0.05) is 11.6 Å². The van der Waals surface area contributed by atoms with Crippen molar-refractivity contribution < 1.29 is 9.72 Å². The van der Waals surface area contributed by atoms with Crippen LogP contribution in [0.1, 0.15) is 10.4 Å². The number of carbonyl (C=O) groups is 1. The molecule has 1 aromatic rings. The Morgan fingerprint density at radius 2 is 2.21 bits per heavy atom. The highest BCUT2D eigenvalue weighted by Gasteiger charge is 2.13. The average molecular weight is 260 g/mol. The van der Waals surface area contributed by atoms with Crippen molar-refractivity contribution in [3.63, 3.8) is 0 Å². The SMILES string of the molecule is NNC(=O)c1ccc([N+](=O)[O-])c(Br)c1. The van der Waals surface area contributed by atoms with E-state index in [4.69, 9.17) is 5.84 Å². The largest absolute Gasteiger partial charge is 0.290 e. The first-order chi connectivity index (χ1) is 6.56. The van der Waals surface area contributed by atoms with Crippen LogP contribution in [0.3, 0.4) is 0 Å². The lowest BCUT2D eigenvalue weighted by atomic mass is 10.2. The molecule has 0 aliphatic rings. The smallest absolute Gasteiger partial charge is 0.283 e. The van der Waals surface area contributed by atoms with Gasteiger partial charge < -0.3 is 0 Å². The molecule has 3 N–H and O–H groups in total. The van der Waals surface area contributed by atoms with Crippen LogP contribution < -0.4 is 11.3 Å². The molecule has 0 aliphatic carbocycles. The molecule has 0 unspecified atom stereocenters. The minimum absolute atomic E-state index is 0.0985. The van der Waals surface area contributed by atoms with Crippen LogP contribution in [-0.2, 0) is 0 Å². The quantitative estimate of drug-likeness (QED) is 0.358. The summed E-state index contributed by atoms with van der Waals surface area (Å²) in [6, 6.07) is 3.89. The number of rotatable bonds is 2. The van der Waals surface area contributed by atoms with Gasteiger partial charge in [-0.3, -0.25) is 20.3 Å². The molecule has 1 aromatic carbocycles. The molecule has 1 amide bonds. The number of nitrogens with one attached hydrogen (secondary N) is 1. The van der Waals surface area contributed by atoms with Gasteiger partial charge in [0.25, 0.3) is 11.6 Å². The topological polar surface area (TPSA) is 98.3 Å². The van der Waals surface area contributed by atoms with E-state index in [1.54, 1.807) is 0 Å². The van der Waals surface area contributed by atoms with Gasteiger partial charge in [-0.15, -0.1) is 0 Å². The molecule has 1 rings (SSSR count). The molecule has 0 saturated heterocycles.